The maximum absolute atomic E-state index is 11.6. The molecule has 0 fully saturated rings. The monoisotopic (exact) mass is 400 g/mol. The molecule has 0 aliphatic heterocycles. The summed E-state index contributed by atoms with van der Waals surface area (Å²) in [5.41, 5.74) is 7.93. The summed E-state index contributed by atoms with van der Waals surface area (Å²) in [6.45, 7) is 5.41. The number of benzene rings is 1. The maximum Gasteiger partial charge on any atom is 0.288 e. The van der Waals surface area contributed by atoms with Gasteiger partial charge in [-0.25, -0.2) is 9.67 Å². The average Bonchev–Trinajstić information content (AvgIpc) is 3.13. The lowest BCUT2D eigenvalue weighted by molar-refractivity contribution is 0.0990. The van der Waals surface area contributed by atoms with Gasteiger partial charge in [-0.1, -0.05) is 43.7 Å². The van der Waals surface area contributed by atoms with Crippen molar-refractivity contribution in [2.75, 3.05) is 6.61 Å². The molecule has 0 radical (unpaired) electrons. The highest BCUT2D eigenvalue weighted by atomic mass is 35.5. The minimum Gasteiger partial charge on any atom is -0.377 e. The van der Waals surface area contributed by atoms with Gasteiger partial charge in [0.2, 0.25) is 5.82 Å². The summed E-state index contributed by atoms with van der Waals surface area (Å²) in [6, 6.07) is 5.56. The number of carbonyl (C=O) groups is 1. The molecule has 3 rings (SSSR count). The van der Waals surface area contributed by atoms with E-state index in [1.54, 1.807) is 10.7 Å². The molecule has 0 saturated heterocycles. The van der Waals surface area contributed by atoms with Gasteiger partial charge < -0.3 is 10.5 Å². The summed E-state index contributed by atoms with van der Waals surface area (Å²) in [6.07, 6.45) is 9.04. The molecule has 1 aliphatic rings. The summed E-state index contributed by atoms with van der Waals surface area (Å²) in [5.74, 6) is 0.494. The first-order chi connectivity index (χ1) is 13.5. The van der Waals surface area contributed by atoms with Crippen molar-refractivity contribution in [1.82, 2.24) is 14.8 Å². The predicted molar refractivity (Wildman–Crippen MR) is 110 cm³/mol. The number of primary amides is 1. The number of ether oxygens (including phenoxy) is 1. The first kappa shape index (κ1) is 20.3. The molecule has 2 aromatic rings. The van der Waals surface area contributed by atoms with Gasteiger partial charge in [0.25, 0.3) is 5.91 Å². The zero-order chi connectivity index (χ0) is 20.1. The number of rotatable bonds is 8. The van der Waals surface area contributed by atoms with Crippen LogP contribution in [0.3, 0.4) is 0 Å². The maximum atomic E-state index is 11.6. The van der Waals surface area contributed by atoms with Crippen LogP contribution >= 0.6 is 11.6 Å². The van der Waals surface area contributed by atoms with E-state index in [1.807, 2.05) is 18.2 Å². The van der Waals surface area contributed by atoms with Gasteiger partial charge in [0.15, 0.2) is 5.82 Å². The third-order valence-electron chi connectivity index (χ3n) is 4.45. The van der Waals surface area contributed by atoms with Crippen LogP contribution in [0, 0.1) is 5.92 Å². The molecule has 1 aromatic heterocycles. The van der Waals surface area contributed by atoms with Gasteiger partial charge >= 0.3 is 0 Å². The van der Waals surface area contributed by atoms with Crippen molar-refractivity contribution in [2.45, 2.75) is 39.7 Å². The van der Waals surface area contributed by atoms with Crippen molar-refractivity contribution >= 4 is 23.1 Å². The topological polar surface area (TPSA) is 83.0 Å². The number of amides is 1. The SMILES string of the molecule is CC(C)CCOCc1cc(-n2nc(C(N)=O)nc2C2=CCCC=C2)ccc1Cl. The lowest BCUT2D eigenvalue weighted by Gasteiger charge is -2.12. The lowest BCUT2D eigenvalue weighted by atomic mass is 10.1. The van der Waals surface area contributed by atoms with Crippen molar-refractivity contribution in [1.29, 1.82) is 0 Å². The summed E-state index contributed by atoms with van der Waals surface area (Å²) in [5, 5.41) is 4.94. The molecular formula is C21H25ClN4O2. The first-order valence-corrected chi connectivity index (χ1v) is 9.84. The second-order valence-corrected chi connectivity index (χ2v) is 7.59. The Balaban J connectivity index is 1.92. The van der Waals surface area contributed by atoms with Crippen LogP contribution in [0.5, 0.6) is 0 Å². The number of carbonyl (C=O) groups excluding carboxylic acids is 1. The molecule has 1 aromatic carbocycles. The lowest BCUT2D eigenvalue weighted by Crippen LogP contribution is -2.13. The Bertz CT molecular complexity index is 915. The molecular weight excluding hydrogens is 376 g/mol. The summed E-state index contributed by atoms with van der Waals surface area (Å²) >= 11 is 6.35. The van der Waals surface area contributed by atoms with Crippen molar-refractivity contribution in [2.24, 2.45) is 11.7 Å². The molecule has 6 nitrogen and oxygen atoms in total. The van der Waals surface area contributed by atoms with Crippen LogP contribution in [0.1, 0.15) is 55.1 Å². The van der Waals surface area contributed by atoms with E-state index < -0.39 is 5.91 Å². The van der Waals surface area contributed by atoms with E-state index in [0.717, 1.165) is 36.1 Å². The van der Waals surface area contributed by atoms with E-state index in [1.165, 1.54) is 0 Å². The normalized spacial score (nSPS) is 13.8. The molecule has 28 heavy (non-hydrogen) atoms. The first-order valence-electron chi connectivity index (χ1n) is 9.46. The average molecular weight is 401 g/mol. The zero-order valence-electron chi connectivity index (χ0n) is 16.2. The molecule has 2 N–H and O–H groups in total. The summed E-state index contributed by atoms with van der Waals surface area (Å²) in [4.78, 5) is 16.0. The van der Waals surface area contributed by atoms with Crippen LogP contribution in [0.2, 0.25) is 5.02 Å². The number of allylic oxidation sites excluding steroid dienone is 4. The molecule has 7 heteroatoms. The Kier molecular flexibility index (Phi) is 6.65. The van der Waals surface area contributed by atoms with Crippen LogP contribution in [0.15, 0.2) is 36.4 Å². The Morgan fingerprint density at radius 3 is 2.86 bits per heavy atom. The highest BCUT2D eigenvalue weighted by molar-refractivity contribution is 6.31. The van der Waals surface area contributed by atoms with E-state index in [0.29, 0.717) is 30.0 Å². The van der Waals surface area contributed by atoms with Gasteiger partial charge in [0, 0.05) is 17.2 Å². The molecule has 0 atom stereocenters. The Morgan fingerprint density at radius 2 is 2.18 bits per heavy atom. The van der Waals surface area contributed by atoms with E-state index in [4.69, 9.17) is 22.1 Å². The Hall–Kier alpha value is -2.44. The fourth-order valence-corrected chi connectivity index (χ4v) is 3.04. The van der Waals surface area contributed by atoms with Crippen LogP contribution in [0.4, 0.5) is 0 Å². The second kappa shape index (κ2) is 9.17. The quantitative estimate of drug-likeness (QED) is 0.669. The molecule has 148 valence electrons. The second-order valence-electron chi connectivity index (χ2n) is 7.19. The smallest absolute Gasteiger partial charge is 0.288 e. The number of halogens is 1. The van der Waals surface area contributed by atoms with Crippen LogP contribution in [0.25, 0.3) is 11.3 Å². The van der Waals surface area contributed by atoms with Crippen molar-refractivity contribution in [3.05, 3.63) is 58.7 Å². The molecule has 0 saturated carbocycles. The van der Waals surface area contributed by atoms with Crippen molar-refractivity contribution in [3.8, 4) is 5.69 Å². The van der Waals surface area contributed by atoms with Gasteiger partial charge in [-0.2, -0.15) is 0 Å². The largest absolute Gasteiger partial charge is 0.377 e. The highest BCUT2D eigenvalue weighted by Gasteiger charge is 2.18. The van der Waals surface area contributed by atoms with Gasteiger partial charge in [0.05, 0.1) is 12.3 Å². The molecule has 0 bridgehead atoms. The number of hydrogen-bond acceptors (Lipinski definition) is 4. The Morgan fingerprint density at radius 1 is 1.36 bits per heavy atom. The van der Waals surface area contributed by atoms with Gasteiger partial charge in [0.1, 0.15) is 0 Å². The fraction of sp³-hybridized carbons (Fsp3) is 0.381. The number of aromatic nitrogens is 3. The van der Waals surface area contributed by atoms with Crippen LogP contribution in [-0.2, 0) is 11.3 Å². The van der Waals surface area contributed by atoms with Gasteiger partial charge in [-0.15, -0.1) is 5.10 Å². The highest BCUT2D eigenvalue weighted by Crippen LogP contribution is 2.25. The molecule has 1 amide bonds. The third-order valence-corrected chi connectivity index (χ3v) is 4.82. The molecule has 1 heterocycles. The van der Waals surface area contributed by atoms with E-state index in [9.17, 15) is 4.79 Å². The van der Waals surface area contributed by atoms with Crippen LogP contribution < -0.4 is 5.73 Å². The number of nitrogens with two attached hydrogens (primary N) is 1. The van der Waals surface area contributed by atoms with Gasteiger partial charge in [-0.3, -0.25) is 4.79 Å². The van der Waals surface area contributed by atoms with Crippen LogP contribution in [-0.4, -0.2) is 27.3 Å². The minimum atomic E-state index is -0.661. The van der Waals surface area contributed by atoms with E-state index in [-0.39, 0.29) is 5.82 Å². The standard InChI is InChI=1S/C21H25ClN4O2/c1-14(2)10-11-28-13-16-12-17(8-9-18(16)22)26-21(15-6-4-3-5-7-15)24-20(25-26)19(23)27/h4,6-9,12,14H,3,5,10-11,13H2,1-2H3,(H2,23,27). The van der Waals surface area contributed by atoms with Gasteiger partial charge in [-0.05, 0) is 48.9 Å². The number of hydrogen-bond donors (Lipinski definition) is 1. The third kappa shape index (κ3) is 4.88. The molecule has 0 unspecified atom stereocenters. The zero-order valence-corrected chi connectivity index (χ0v) is 16.9. The summed E-state index contributed by atoms with van der Waals surface area (Å²) in [7, 11) is 0. The molecule has 0 spiro atoms. The fourth-order valence-electron chi connectivity index (χ4n) is 2.87. The number of nitrogens with zero attached hydrogens (tertiary/aromatic N) is 3. The minimum absolute atomic E-state index is 0.0143. The Labute approximate surface area is 170 Å². The van der Waals surface area contributed by atoms with E-state index >= 15 is 0 Å². The van der Waals surface area contributed by atoms with E-state index in [2.05, 4.69) is 36.1 Å². The molecule has 1 aliphatic carbocycles. The van der Waals surface area contributed by atoms with Crippen molar-refractivity contribution in [3.63, 3.8) is 0 Å². The predicted octanol–water partition coefficient (Wildman–Crippen LogP) is 4.32. The van der Waals surface area contributed by atoms with Crippen molar-refractivity contribution < 1.29 is 9.53 Å². The summed E-state index contributed by atoms with van der Waals surface area (Å²) < 4.78 is 7.40.